The van der Waals surface area contributed by atoms with Gasteiger partial charge < -0.3 is 4.55 Å². The summed E-state index contributed by atoms with van der Waals surface area (Å²) < 4.78 is 32.3. The molecule has 0 radical (unpaired) electrons. The fourth-order valence-electron chi connectivity index (χ4n) is 0.461. The van der Waals surface area contributed by atoms with Gasteiger partial charge in [-0.05, 0) is 23.2 Å². The van der Waals surface area contributed by atoms with Crippen molar-refractivity contribution in [2.24, 2.45) is 0 Å². The maximum atomic E-state index is 12.1. The Morgan fingerprint density at radius 3 is 2.55 bits per heavy atom. The van der Waals surface area contributed by atoms with E-state index in [-0.39, 0.29) is 34.6 Å². The minimum Gasteiger partial charge on any atom is -0.767 e. The minimum absolute atomic E-state index is 0. The van der Waals surface area contributed by atoms with Crippen LogP contribution >= 0.6 is 0 Å². The summed E-state index contributed by atoms with van der Waals surface area (Å²) >= 11 is -2.37. The number of pyridine rings is 1. The molecule has 0 aliphatic carbocycles. The van der Waals surface area contributed by atoms with Crippen LogP contribution in [-0.4, -0.2) is 13.7 Å². The fraction of sp³-hybridized carbons (Fsp3) is 0. The molecule has 0 saturated carbocycles. The van der Waals surface area contributed by atoms with Gasteiger partial charge in [0.1, 0.15) is 10.8 Å². The van der Waals surface area contributed by atoms with E-state index in [2.05, 4.69) is 4.98 Å². The summed E-state index contributed by atoms with van der Waals surface area (Å²) in [6.07, 6.45) is 0.852. The summed E-state index contributed by atoms with van der Waals surface area (Å²) in [5.41, 5.74) is 0. The van der Waals surface area contributed by atoms with Crippen molar-refractivity contribution in [3.63, 3.8) is 0 Å². The van der Waals surface area contributed by atoms with Gasteiger partial charge in [0.2, 0.25) is 0 Å². The first-order valence-electron chi connectivity index (χ1n) is 2.41. The van der Waals surface area contributed by atoms with Crippen LogP contribution in [0.5, 0.6) is 0 Å². The fourth-order valence-corrected chi connectivity index (χ4v) is 0.779. The second-order valence-electron chi connectivity index (χ2n) is 1.55. The van der Waals surface area contributed by atoms with Crippen molar-refractivity contribution in [2.75, 3.05) is 0 Å². The standard InChI is InChI=1S/C5H4FNO2S.Na/c6-4-1-2-5(7-3-4)10(8)9;/h1-3H,(H,8,9);/q;+1/p-1. The first-order valence-corrected chi connectivity index (χ1v) is 3.48. The van der Waals surface area contributed by atoms with Crippen molar-refractivity contribution in [3.05, 3.63) is 24.1 Å². The SMILES string of the molecule is O=S([O-])c1ccc(F)cn1.[Na+]. The van der Waals surface area contributed by atoms with Crippen molar-refractivity contribution < 1.29 is 42.7 Å². The van der Waals surface area contributed by atoms with Crippen LogP contribution in [0.4, 0.5) is 4.39 Å². The average Bonchev–Trinajstić information content (AvgIpc) is 1.88. The van der Waals surface area contributed by atoms with Gasteiger partial charge in [-0.1, -0.05) is 0 Å². The summed E-state index contributed by atoms with van der Waals surface area (Å²) in [7, 11) is 0. The van der Waals surface area contributed by atoms with Crippen LogP contribution in [0.25, 0.3) is 0 Å². The normalized spacial score (nSPS) is 11.8. The molecule has 0 amide bonds. The molecule has 0 N–H and O–H groups in total. The number of rotatable bonds is 1. The van der Waals surface area contributed by atoms with Gasteiger partial charge in [0.15, 0.2) is 0 Å². The van der Waals surface area contributed by atoms with E-state index in [1.54, 1.807) is 0 Å². The van der Waals surface area contributed by atoms with E-state index < -0.39 is 16.9 Å². The Morgan fingerprint density at radius 2 is 2.18 bits per heavy atom. The van der Waals surface area contributed by atoms with Gasteiger partial charge in [-0.2, -0.15) is 0 Å². The van der Waals surface area contributed by atoms with Crippen molar-refractivity contribution >= 4 is 11.1 Å². The van der Waals surface area contributed by atoms with Crippen LogP contribution in [0.1, 0.15) is 0 Å². The molecule has 1 rings (SSSR count). The van der Waals surface area contributed by atoms with Crippen LogP contribution in [0, 0.1) is 5.82 Å². The van der Waals surface area contributed by atoms with Gasteiger partial charge in [0, 0.05) is 0 Å². The zero-order valence-electron chi connectivity index (χ0n) is 5.78. The summed E-state index contributed by atoms with van der Waals surface area (Å²) in [5, 5.41) is -0.151. The van der Waals surface area contributed by atoms with Crippen LogP contribution in [0.3, 0.4) is 0 Å². The van der Waals surface area contributed by atoms with Crippen LogP contribution in [-0.2, 0) is 11.1 Å². The van der Waals surface area contributed by atoms with E-state index >= 15 is 0 Å². The Hall–Kier alpha value is 0.190. The maximum Gasteiger partial charge on any atom is 1.00 e. The zero-order valence-corrected chi connectivity index (χ0v) is 8.60. The van der Waals surface area contributed by atoms with Gasteiger partial charge in [-0.25, -0.2) is 9.37 Å². The molecule has 0 bridgehead atoms. The molecule has 0 aromatic carbocycles. The molecule has 0 aliphatic rings. The second-order valence-corrected chi connectivity index (χ2v) is 2.44. The van der Waals surface area contributed by atoms with Gasteiger partial charge in [-0.15, -0.1) is 0 Å². The zero-order chi connectivity index (χ0) is 7.56. The average molecular weight is 183 g/mol. The molecule has 1 aromatic heterocycles. The predicted octanol–water partition coefficient (Wildman–Crippen LogP) is -2.54. The largest absolute Gasteiger partial charge is 1.00 e. The Kier molecular flexibility index (Phi) is 5.03. The Morgan fingerprint density at radius 1 is 1.55 bits per heavy atom. The smallest absolute Gasteiger partial charge is 0.767 e. The third-order valence-corrected chi connectivity index (χ3v) is 1.45. The monoisotopic (exact) mass is 183 g/mol. The van der Waals surface area contributed by atoms with E-state index in [0.29, 0.717) is 0 Å². The molecule has 0 spiro atoms. The number of hydrogen-bond acceptors (Lipinski definition) is 3. The maximum absolute atomic E-state index is 12.1. The Labute approximate surface area is 87.6 Å². The summed E-state index contributed by atoms with van der Waals surface area (Å²) in [6.45, 7) is 0. The van der Waals surface area contributed by atoms with Crippen molar-refractivity contribution in [3.8, 4) is 0 Å². The number of aromatic nitrogens is 1. The van der Waals surface area contributed by atoms with Crippen LogP contribution < -0.4 is 29.6 Å². The first kappa shape index (κ1) is 11.2. The van der Waals surface area contributed by atoms with Crippen molar-refractivity contribution in [1.29, 1.82) is 0 Å². The molecule has 11 heavy (non-hydrogen) atoms. The molecule has 0 saturated heterocycles. The van der Waals surface area contributed by atoms with Crippen LogP contribution in [0.15, 0.2) is 23.4 Å². The topological polar surface area (TPSA) is 53.0 Å². The van der Waals surface area contributed by atoms with E-state index in [1.807, 2.05) is 0 Å². The van der Waals surface area contributed by atoms with E-state index in [0.717, 1.165) is 18.3 Å². The molecule has 1 heterocycles. The van der Waals surface area contributed by atoms with Crippen LogP contribution in [0.2, 0.25) is 0 Å². The van der Waals surface area contributed by atoms with Gasteiger partial charge in [-0.3, -0.25) is 4.21 Å². The number of halogens is 1. The molecular formula is C5H3FNNaO2S. The molecule has 1 unspecified atom stereocenters. The summed E-state index contributed by atoms with van der Waals surface area (Å²) in [5.74, 6) is -0.547. The summed E-state index contributed by atoms with van der Waals surface area (Å²) in [6, 6.07) is 2.14. The van der Waals surface area contributed by atoms with Gasteiger partial charge in [0.05, 0.1) is 6.20 Å². The van der Waals surface area contributed by atoms with E-state index in [1.165, 1.54) is 0 Å². The molecule has 0 aliphatic heterocycles. The Balaban J connectivity index is 0.000001000. The second kappa shape index (κ2) is 4.95. The quantitative estimate of drug-likeness (QED) is 0.356. The molecular weight excluding hydrogens is 180 g/mol. The van der Waals surface area contributed by atoms with E-state index in [9.17, 15) is 13.2 Å². The molecule has 1 atom stereocenters. The first-order chi connectivity index (χ1) is 4.70. The van der Waals surface area contributed by atoms with Gasteiger partial charge >= 0.3 is 29.6 Å². The molecule has 6 heteroatoms. The number of hydrogen-bond donors (Lipinski definition) is 0. The summed E-state index contributed by atoms with van der Waals surface area (Å²) in [4.78, 5) is 3.29. The minimum atomic E-state index is -2.37. The third-order valence-electron chi connectivity index (χ3n) is 0.871. The molecule has 3 nitrogen and oxygen atoms in total. The molecule has 1 aromatic rings. The molecule has 54 valence electrons. The van der Waals surface area contributed by atoms with Crippen molar-refractivity contribution in [2.45, 2.75) is 5.03 Å². The van der Waals surface area contributed by atoms with E-state index in [4.69, 9.17) is 0 Å². The van der Waals surface area contributed by atoms with Gasteiger partial charge in [0.25, 0.3) is 0 Å². The predicted molar refractivity (Wildman–Crippen MR) is 31.4 cm³/mol. The Bertz CT molecular complexity index is 253. The molecule has 0 fully saturated rings. The number of nitrogens with zero attached hydrogens (tertiary/aromatic N) is 1. The third kappa shape index (κ3) is 3.39. The van der Waals surface area contributed by atoms with Crippen molar-refractivity contribution in [1.82, 2.24) is 4.98 Å².